The summed E-state index contributed by atoms with van der Waals surface area (Å²) in [6.45, 7) is 0. The number of hydrogen-bond donors (Lipinski definition) is 1. The SMILES string of the molecule is COc1ccc2c(c1)CCC[C@@H]2NC(=O)c1cc2cc(OC)ccc2n1C. The molecule has 1 amide bonds. The van der Waals surface area contributed by atoms with E-state index < -0.39 is 0 Å². The van der Waals surface area contributed by atoms with Gasteiger partial charge in [-0.05, 0) is 66.8 Å². The second kappa shape index (κ2) is 6.99. The maximum absolute atomic E-state index is 13.0. The van der Waals surface area contributed by atoms with E-state index in [0.717, 1.165) is 41.7 Å². The van der Waals surface area contributed by atoms with Gasteiger partial charge in [0.1, 0.15) is 17.2 Å². The lowest BCUT2D eigenvalue weighted by atomic mass is 9.87. The average Bonchev–Trinajstić information content (AvgIpc) is 3.03. The van der Waals surface area contributed by atoms with Gasteiger partial charge in [-0.3, -0.25) is 4.79 Å². The molecule has 0 unspecified atom stereocenters. The summed E-state index contributed by atoms with van der Waals surface area (Å²) < 4.78 is 12.6. The van der Waals surface area contributed by atoms with E-state index in [9.17, 15) is 4.79 Å². The first-order valence-corrected chi connectivity index (χ1v) is 9.22. The van der Waals surface area contributed by atoms with Crippen LogP contribution in [0, 0.1) is 0 Å². The highest BCUT2D eigenvalue weighted by Gasteiger charge is 2.24. The van der Waals surface area contributed by atoms with Crippen LogP contribution in [-0.4, -0.2) is 24.7 Å². The molecule has 4 rings (SSSR count). The van der Waals surface area contributed by atoms with Gasteiger partial charge in [-0.2, -0.15) is 0 Å². The number of benzene rings is 2. The molecule has 3 aromatic rings. The van der Waals surface area contributed by atoms with E-state index in [4.69, 9.17) is 9.47 Å². The van der Waals surface area contributed by atoms with E-state index >= 15 is 0 Å². The lowest BCUT2D eigenvalue weighted by Crippen LogP contribution is -2.32. The number of amides is 1. The van der Waals surface area contributed by atoms with Gasteiger partial charge in [0.15, 0.2) is 0 Å². The monoisotopic (exact) mass is 364 g/mol. The fourth-order valence-corrected chi connectivity index (χ4v) is 3.97. The number of aromatic nitrogens is 1. The topological polar surface area (TPSA) is 52.5 Å². The summed E-state index contributed by atoms with van der Waals surface area (Å²) in [6, 6.07) is 13.9. The van der Waals surface area contributed by atoms with Crippen molar-refractivity contribution in [2.75, 3.05) is 14.2 Å². The Bertz CT molecular complexity index is 1010. The van der Waals surface area contributed by atoms with Crippen molar-refractivity contribution >= 4 is 16.8 Å². The van der Waals surface area contributed by atoms with Crippen molar-refractivity contribution in [2.45, 2.75) is 25.3 Å². The molecule has 2 aromatic carbocycles. The Morgan fingerprint density at radius 2 is 1.81 bits per heavy atom. The Labute approximate surface area is 158 Å². The third-order valence-corrected chi connectivity index (χ3v) is 5.45. The van der Waals surface area contributed by atoms with Crippen molar-refractivity contribution in [2.24, 2.45) is 7.05 Å². The van der Waals surface area contributed by atoms with Crippen LogP contribution >= 0.6 is 0 Å². The van der Waals surface area contributed by atoms with Gasteiger partial charge in [0, 0.05) is 18.0 Å². The number of nitrogens with one attached hydrogen (secondary N) is 1. The van der Waals surface area contributed by atoms with Crippen molar-refractivity contribution in [3.05, 3.63) is 59.3 Å². The third-order valence-electron chi connectivity index (χ3n) is 5.45. The quantitative estimate of drug-likeness (QED) is 0.761. The summed E-state index contributed by atoms with van der Waals surface area (Å²) >= 11 is 0. The Hall–Kier alpha value is -2.95. The highest BCUT2D eigenvalue weighted by atomic mass is 16.5. The summed E-state index contributed by atoms with van der Waals surface area (Å²) in [5.74, 6) is 1.60. The van der Waals surface area contributed by atoms with Gasteiger partial charge >= 0.3 is 0 Å². The van der Waals surface area contributed by atoms with Crippen LogP contribution < -0.4 is 14.8 Å². The zero-order valence-corrected chi connectivity index (χ0v) is 15.9. The molecule has 1 N–H and O–H groups in total. The van der Waals surface area contributed by atoms with Crippen LogP contribution in [-0.2, 0) is 13.5 Å². The number of nitrogens with zero attached hydrogens (tertiary/aromatic N) is 1. The number of fused-ring (bicyclic) bond motifs is 2. The van der Waals surface area contributed by atoms with Crippen LogP contribution in [0.25, 0.3) is 10.9 Å². The van der Waals surface area contributed by atoms with Gasteiger partial charge in [-0.1, -0.05) is 6.07 Å². The number of aryl methyl sites for hydroxylation is 2. The smallest absolute Gasteiger partial charge is 0.268 e. The van der Waals surface area contributed by atoms with E-state index in [2.05, 4.69) is 17.4 Å². The predicted molar refractivity (Wildman–Crippen MR) is 106 cm³/mol. The molecule has 5 heteroatoms. The summed E-state index contributed by atoms with van der Waals surface area (Å²) in [6.07, 6.45) is 3.02. The molecule has 1 heterocycles. The number of rotatable bonds is 4. The Morgan fingerprint density at radius 1 is 1.07 bits per heavy atom. The van der Waals surface area contributed by atoms with E-state index in [1.54, 1.807) is 14.2 Å². The summed E-state index contributed by atoms with van der Waals surface area (Å²) in [5, 5.41) is 4.22. The largest absolute Gasteiger partial charge is 0.497 e. The number of ether oxygens (including phenoxy) is 2. The molecule has 0 saturated carbocycles. The van der Waals surface area contributed by atoms with Gasteiger partial charge in [0.25, 0.3) is 5.91 Å². The molecule has 0 bridgehead atoms. The lowest BCUT2D eigenvalue weighted by molar-refractivity contribution is 0.0925. The van der Waals surface area contributed by atoms with Gasteiger partial charge in [-0.15, -0.1) is 0 Å². The molecule has 0 radical (unpaired) electrons. The molecule has 27 heavy (non-hydrogen) atoms. The Kier molecular flexibility index (Phi) is 4.52. The minimum atomic E-state index is -0.0543. The van der Waals surface area contributed by atoms with Crippen LogP contribution in [0.3, 0.4) is 0 Å². The first-order valence-electron chi connectivity index (χ1n) is 9.22. The molecule has 140 valence electrons. The first kappa shape index (κ1) is 17.5. The van der Waals surface area contributed by atoms with Crippen molar-refractivity contribution in [3.63, 3.8) is 0 Å². The van der Waals surface area contributed by atoms with Crippen LogP contribution in [0.2, 0.25) is 0 Å². The van der Waals surface area contributed by atoms with Gasteiger partial charge in [0.05, 0.1) is 20.3 Å². The summed E-state index contributed by atoms with van der Waals surface area (Å²) in [7, 11) is 5.25. The average molecular weight is 364 g/mol. The van der Waals surface area contributed by atoms with E-state index in [1.165, 1.54) is 11.1 Å². The second-order valence-corrected chi connectivity index (χ2v) is 7.00. The highest BCUT2D eigenvalue weighted by Crippen LogP contribution is 2.32. The molecule has 0 aliphatic heterocycles. The zero-order valence-electron chi connectivity index (χ0n) is 15.9. The van der Waals surface area contributed by atoms with Gasteiger partial charge in [0.2, 0.25) is 0 Å². The summed E-state index contributed by atoms with van der Waals surface area (Å²) in [5.41, 5.74) is 4.11. The maximum Gasteiger partial charge on any atom is 0.268 e. The summed E-state index contributed by atoms with van der Waals surface area (Å²) in [4.78, 5) is 13.0. The molecular formula is C22H24N2O3. The fourth-order valence-electron chi connectivity index (χ4n) is 3.97. The minimum Gasteiger partial charge on any atom is -0.497 e. The van der Waals surface area contributed by atoms with Crippen LogP contribution in [0.4, 0.5) is 0 Å². The minimum absolute atomic E-state index is 0.0275. The molecule has 1 aliphatic rings. The predicted octanol–water partition coefficient (Wildman–Crippen LogP) is 4.00. The van der Waals surface area contributed by atoms with Crippen molar-refractivity contribution in [1.29, 1.82) is 0 Å². The molecule has 0 saturated heterocycles. The van der Waals surface area contributed by atoms with E-state index in [-0.39, 0.29) is 11.9 Å². The standard InChI is InChI=1S/C22H24N2O3/c1-24-20-10-8-17(27-3)12-15(20)13-21(24)22(25)23-19-6-4-5-14-11-16(26-2)7-9-18(14)19/h7-13,19H,4-6H2,1-3H3,(H,23,25)/t19-/m0/s1. The maximum atomic E-state index is 13.0. The van der Waals surface area contributed by atoms with E-state index in [0.29, 0.717) is 5.69 Å². The molecule has 0 fully saturated rings. The van der Waals surface area contributed by atoms with E-state index in [1.807, 2.05) is 41.9 Å². The molecule has 1 atom stereocenters. The Balaban J connectivity index is 1.62. The van der Waals surface area contributed by atoms with Gasteiger partial charge in [-0.25, -0.2) is 0 Å². The van der Waals surface area contributed by atoms with Gasteiger partial charge < -0.3 is 19.4 Å². The van der Waals surface area contributed by atoms with Crippen LogP contribution in [0.5, 0.6) is 11.5 Å². The number of carbonyl (C=O) groups excluding carboxylic acids is 1. The molecule has 5 nitrogen and oxygen atoms in total. The zero-order chi connectivity index (χ0) is 19.0. The molecule has 1 aliphatic carbocycles. The van der Waals surface area contributed by atoms with Crippen molar-refractivity contribution in [3.8, 4) is 11.5 Å². The molecular weight excluding hydrogens is 340 g/mol. The first-order chi connectivity index (χ1) is 13.1. The van der Waals surface area contributed by atoms with Crippen LogP contribution in [0.15, 0.2) is 42.5 Å². The number of carbonyl (C=O) groups is 1. The Morgan fingerprint density at radius 3 is 2.59 bits per heavy atom. The lowest BCUT2D eigenvalue weighted by Gasteiger charge is -2.27. The second-order valence-electron chi connectivity index (χ2n) is 7.00. The normalized spacial score (nSPS) is 16.0. The fraction of sp³-hybridized carbons (Fsp3) is 0.318. The molecule has 1 aromatic heterocycles. The number of hydrogen-bond acceptors (Lipinski definition) is 3. The highest BCUT2D eigenvalue weighted by molar-refractivity contribution is 5.99. The number of methoxy groups -OCH3 is 2. The van der Waals surface area contributed by atoms with Crippen molar-refractivity contribution in [1.82, 2.24) is 9.88 Å². The van der Waals surface area contributed by atoms with Crippen LogP contribution in [0.1, 0.15) is 40.5 Å². The third kappa shape index (κ3) is 3.14. The van der Waals surface area contributed by atoms with Crippen molar-refractivity contribution < 1.29 is 14.3 Å². The molecule has 0 spiro atoms.